The number of anilines is 1. The van der Waals surface area contributed by atoms with Crippen LogP contribution < -0.4 is 4.90 Å². The van der Waals surface area contributed by atoms with Crippen molar-refractivity contribution in [2.45, 2.75) is 13.8 Å². The fourth-order valence-corrected chi connectivity index (χ4v) is 2.01. The molecule has 20 heavy (non-hydrogen) atoms. The van der Waals surface area contributed by atoms with Gasteiger partial charge in [-0.2, -0.15) is 5.26 Å². The second-order valence-corrected chi connectivity index (χ2v) is 4.37. The topological polar surface area (TPSA) is 57.0 Å². The largest absolute Gasteiger partial charge is 0.307 e. The molecule has 0 aliphatic rings. The van der Waals surface area contributed by atoms with Gasteiger partial charge >= 0.3 is 0 Å². The molecule has 0 aliphatic carbocycles. The molecular weight excluding hydrogens is 250 g/mol. The zero-order valence-corrected chi connectivity index (χ0v) is 11.5. The molecular formula is C16H15N3O. The van der Waals surface area contributed by atoms with E-state index in [4.69, 9.17) is 0 Å². The number of nitriles is 1. The van der Waals surface area contributed by atoms with Crippen LogP contribution in [0.5, 0.6) is 0 Å². The van der Waals surface area contributed by atoms with Crippen molar-refractivity contribution in [3.8, 4) is 6.07 Å². The average molecular weight is 265 g/mol. The van der Waals surface area contributed by atoms with Crippen molar-refractivity contribution >= 4 is 11.6 Å². The van der Waals surface area contributed by atoms with Gasteiger partial charge in [-0.25, -0.2) is 0 Å². The summed E-state index contributed by atoms with van der Waals surface area (Å²) in [5, 5.41) is 9.18. The number of pyridine rings is 1. The Labute approximate surface area is 118 Å². The van der Waals surface area contributed by atoms with Gasteiger partial charge in [-0.1, -0.05) is 18.2 Å². The van der Waals surface area contributed by atoms with Gasteiger partial charge in [0, 0.05) is 24.0 Å². The van der Waals surface area contributed by atoms with E-state index in [0.717, 1.165) is 5.69 Å². The van der Waals surface area contributed by atoms with Crippen molar-refractivity contribution in [3.05, 3.63) is 59.4 Å². The van der Waals surface area contributed by atoms with E-state index in [9.17, 15) is 10.1 Å². The van der Waals surface area contributed by atoms with E-state index >= 15 is 0 Å². The van der Waals surface area contributed by atoms with E-state index in [2.05, 4.69) is 11.1 Å². The molecule has 0 fully saturated rings. The summed E-state index contributed by atoms with van der Waals surface area (Å²) in [6, 6.07) is 12.9. The van der Waals surface area contributed by atoms with Crippen LogP contribution in [-0.2, 0) is 0 Å². The van der Waals surface area contributed by atoms with Crippen molar-refractivity contribution in [3.63, 3.8) is 0 Å². The van der Waals surface area contributed by atoms with Crippen LogP contribution in [-0.4, -0.2) is 17.4 Å². The van der Waals surface area contributed by atoms with Crippen molar-refractivity contribution < 1.29 is 4.79 Å². The van der Waals surface area contributed by atoms with Gasteiger partial charge in [-0.05, 0) is 32.0 Å². The lowest BCUT2D eigenvalue weighted by atomic mass is 10.1. The number of aryl methyl sites for hydroxylation is 1. The van der Waals surface area contributed by atoms with Crippen LogP contribution in [0.4, 0.5) is 5.69 Å². The molecule has 0 bridgehead atoms. The molecule has 0 saturated carbocycles. The summed E-state index contributed by atoms with van der Waals surface area (Å²) >= 11 is 0. The predicted octanol–water partition coefficient (Wildman–Crippen LogP) is 2.93. The van der Waals surface area contributed by atoms with Crippen LogP contribution in [0.15, 0.2) is 42.6 Å². The monoisotopic (exact) mass is 265 g/mol. The highest BCUT2D eigenvalue weighted by Gasteiger charge is 2.19. The van der Waals surface area contributed by atoms with Crippen LogP contribution in [0.3, 0.4) is 0 Å². The molecule has 1 aromatic carbocycles. The van der Waals surface area contributed by atoms with Crippen LogP contribution >= 0.6 is 0 Å². The standard InChI is InChI=1S/C16H15N3O/c1-3-19(16(20)13-7-5-4-6-8-13)15-9-12(2)18-11-14(15)10-17/h4-9,11H,3H2,1-2H3. The molecule has 2 aromatic rings. The summed E-state index contributed by atoms with van der Waals surface area (Å²) in [7, 11) is 0. The average Bonchev–Trinajstić information content (AvgIpc) is 2.49. The molecule has 1 aromatic heterocycles. The van der Waals surface area contributed by atoms with E-state index in [1.807, 2.05) is 32.0 Å². The first-order chi connectivity index (χ1) is 9.67. The Kier molecular flexibility index (Phi) is 4.11. The number of amides is 1. The predicted molar refractivity (Wildman–Crippen MR) is 77.5 cm³/mol. The summed E-state index contributed by atoms with van der Waals surface area (Å²) < 4.78 is 0. The van der Waals surface area contributed by atoms with Gasteiger partial charge in [-0.15, -0.1) is 0 Å². The first kappa shape index (κ1) is 13.8. The second-order valence-electron chi connectivity index (χ2n) is 4.37. The highest BCUT2D eigenvalue weighted by molar-refractivity contribution is 6.06. The lowest BCUT2D eigenvalue weighted by molar-refractivity contribution is 0.0988. The third-order valence-electron chi connectivity index (χ3n) is 3.01. The summed E-state index contributed by atoms with van der Waals surface area (Å²) in [6.45, 7) is 4.22. The molecule has 0 radical (unpaired) electrons. The molecule has 0 atom stereocenters. The Morgan fingerprint density at radius 1 is 1.35 bits per heavy atom. The van der Waals surface area contributed by atoms with Crippen molar-refractivity contribution in [2.75, 3.05) is 11.4 Å². The number of rotatable bonds is 3. The van der Waals surface area contributed by atoms with Crippen molar-refractivity contribution in [1.29, 1.82) is 5.26 Å². The highest BCUT2D eigenvalue weighted by atomic mass is 16.2. The maximum atomic E-state index is 12.6. The minimum absolute atomic E-state index is 0.116. The van der Waals surface area contributed by atoms with E-state index < -0.39 is 0 Å². The zero-order chi connectivity index (χ0) is 14.5. The Morgan fingerprint density at radius 2 is 2.05 bits per heavy atom. The zero-order valence-electron chi connectivity index (χ0n) is 11.5. The van der Waals surface area contributed by atoms with E-state index in [1.54, 1.807) is 23.1 Å². The number of hydrogen-bond acceptors (Lipinski definition) is 3. The lowest BCUT2D eigenvalue weighted by Gasteiger charge is -2.22. The number of carbonyl (C=O) groups excluding carboxylic acids is 1. The summed E-state index contributed by atoms with van der Waals surface area (Å²) in [6.07, 6.45) is 1.51. The molecule has 0 N–H and O–H groups in total. The number of aromatic nitrogens is 1. The fraction of sp³-hybridized carbons (Fsp3) is 0.188. The van der Waals surface area contributed by atoms with Crippen LogP contribution in [0, 0.1) is 18.3 Å². The van der Waals surface area contributed by atoms with E-state index in [-0.39, 0.29) is 5.91 Å². The first-order valence-electron chi connectivity index (χ1n) is 6.41. The van der Waals surface area contributed by atoms with Crippen LogP contribution in [0.2, 0.25) is 0 Å². The molecule has 0 unspecified atom stereocenters. The third kappa shape index (κ3) is 2.67. The third-order valence-corrected chi connectivity index (χ3v) is 3.01. The van der Waals surface area contributed by atoms with Gasteiger partial charge < -0.3 is 4.90 Å². The lowest BCUT2D eigenvalue weighted by Crippen LogP contribution is -2.31. The van der Waals surface area contributed by atoms with Gasteiger partial charge in [0.2, 0.25) is 0 Å². The van der Waals surface area contributed by atoms with Gasteiger partial charge in [0.25, 0.3) is 5.91 Å². The molecule has 0 spiro atoms. The van der Waals surface area contributed by atoms with Gasteiger partial charge in [-0.3, -0.25) is 9.78 Å². The maximum Gasteiger partial charge on any atom is 0.258 e. The SMILES string of the molecule is CCN(C(=O)c1ccccc1)c1cc(C)ncc1C#N. The molecule has 4 heteroatoms. The Bertz CT molecular complexity index is 659. The van der Waals surface area contributed by atoms with Crippen molar-refractivity contribution in [1.82, 2.24) is 4.98 Å². The molecule has 4 nitrogen and oxygen atoms in total. The van der Waals surface area contributed by atoms with Crippen LogP contribution in [0.1, 0.15) is 28.5 Å². The Morgan fingerprint density at radius 3 is 2.65 bits per heavy atom. The molecule has 0 saturated heterocycles. The van der Waals surface area contributed by atoms with Gasteiger partial charge in [0.1, 0.15) is 6.07 Å². The first-order valence-corrected chi connectivity index (χ1v) is 6.41. The number of carbonyl (C=O) groups is 1. The number of hydrogen-bond donors (Lipinski definition) is 0. The summed E-state index contributed by atoms with van der Waals surface area (Å²) in [4.78, 5) is 18.3. The summed E-state index contributed by atoms with van der Waals surface area (Å²) in [5.41, 5.74) is 2.39. The molecule has 0 aliphatic heterocycles. The number of nitrogens with zero attached hydrogens (tertiary/aromatic N) is 3. The Balaban J connectivity index is 2.46. The van der Waals surface area contributed by atoms with Crippen molar-refractivity contribution in [2.24, 2.45) is 0 Å². The number of benzene rings is 1. The van der Waals surface area contributed by atoms with E-state index in [1.165, 1.54) is 6.20 Å². The normalized spacial score (nSPS) is 9.85. The molecule has 1 amide bonds. The van der Waals surface area contributed by atoms with Gasteiger partial charge in [0.15, 0.2) is 0 Å². The summed E-state index contributed by atoms with van der Waals surface area (Å²) in [5.74, 6) is -0.116. The highest BCUT2D eigenvalue weighted by Crippen LogP contribution is 2.22. The fourth-order valence-electron chi connectivity index (χ4n) is 2.01. The van der Waals surface area contributed by atoms with E-state index in [0.29, 0.717) is 23.4 Å². The maximum absolute atomic E-state index is 12.6. The Hall–Kier alpha value is -2.67. The smallest absolute Gasteiger partial charge is 0.258 e. The molecule has 1 heterocycles. The second kappa shape index (κ2) is 5.98. The molecule has 2 rings (SSSR count). The van der Waals surface area contributed by atoms with Crippen LogP contribution in [0.25, 0.3) is 0 Å². The van der Waals surface area contributed by atoms with Gasteiger partial charge in [0.05, 0.1) is 11.3 Å². The quantitative estimate of drug-likeness (QED) is 0.857. The minimum atomic E-state index is -0.116. The molecule has 100 valence electrons. The minimum Gasteiger partial charge on any atom is -0.307 e.